The van der Waals surface area contributed by atoms with Crippen LogP contribution < -0.4 is 11.1 Å². The van der Waals surface area contributed by atoms with E-state index in [1.165, 1.54) is 0 Å². The average Bonchev–Trinajstić information content (AvgIpc) is 2.35. The van der Waals surface area contributed by atoms with Crippen molar-refractivity contribution in [3.63, 3.8) is 0 Å². The summed E-state index contributed by atoms with van der Waals surface area (Å²) in [6.45, 7) is 2.60. The molecule has 0 saturated carbocycles. The Kier molecular flexibility index (Phi) is 6.73. The first-order chi connectivity index (χ1) is 8.62. The predicted molar refractivity (Wildman–Crippen MR) is 81.6 cm³/mol. The summed E-state index contributed by atoms with van der Waals surface area (Å²) in [7, 11) is 0. The fraction of sp³-hybridized carbons (Fsp3) is 0.429. The lowest BCUT2D eigenvalue weighted by molar-refractivity contribution is 0.474. The molecule has 0 fully saturated rings. The molecule has 2 nitrogen and oxygen atoms in total. The van der Waals surface area contributed by atoms with Gasteiger partial charge in [0.1, 0.15) is 0 Å². The molecule has 0 bridgehead atoms. The Morgan fingerprint density at radius 3 is 2.78 bits per heavy atom. The second kappa shape index (κ2) is 7.81. The van der Waals surface area contributed by atoms with E-state index in [4.69, 9.17) is 23.8 Å². The number of halogens is 2. The Bertz CT molecular complexity index is 428. The van der Waals surface area contributed by atoms with Crippen molar-refractivity contribution in [1.29, 1.82) is 0 Å². The SMILES string of the molecule is C#CC(CCC)NC(CN)c1ccc(Cl)cc1Br. The number of nitrogens with two attached hydrogens (primary N) is 1. The summed E-state index contributed by atoms with van der Waals surface area (Å²) in [6, 6.07) is 5.77. The average molecular weight is 330 g/mol. The number of hydrogen-bond acceptors (Lipinski definition) is 2. The molecule has 98 valence electrons. The summed E-state index contributed by atoms with van der Waals surface area (Å²) in [5, 5.41) is 4.09. The molecule has 0 radical (unpaired) electrons. The van der Waals surface area contributed by atoms with E-state index in [0.717, 1.165) is 22.9 Å². The summed E-state index contributed by atoms with van der Waals surface area (Å²) in [5.41, 5.74) is 6.91. The molecule has 18 heavy (non-hydrogen) atoms. The maximum Gasteiger partial charge on any atom is 0.0692 e. The van der Waals surface area contributed by atoms with Crippen LogP contribution in [0.1, 0.15) is 31.4 Å². The molecule has 3 N–H and O–H groups in total. The molecule has 0 aliphatic carbocycles. The van der Waals surface area contributed by atoms with Crippen molar-refractivity contribution in [3.8, 4) is 12.3 Å². The van der Waals surface area contributed by atoms with Gasteiger partial charge in [0.15, 0.2) is 0 Å². The second-order valence-electron chi connectivity index (χ2n) is 4.13. The lowest BCUT2D eigenvalue weighted by Crippen LogP contribution is -2.36. The Morgan fingerprint density at radius 2 is 2.28 bits per heavy atom. The molecular weight excluding hydrogens is 312 g/mol. The van der Waals surface area contributed by atoms with Crippen molar-refractivity contribution >= 4 is 27.5 Å². The number of nitrogens with one attached hydrogen (secondary N) is 1. The summed E-state index contributed by atoms with van der Waals surface area (Å²) in [4.78, 5) is 0. The van der Waals surface area contributed by atoms with Crippen LogP contribution in [0.4, 0.5) is 0 Å². The van der Waals surface area contributed by atoms with E-state index in [1.807, 2.05) is 18.2 Å². The van der Waals surface area contributed by atoms with Crippen LogP contribution in [0.5, 0.6) is 0 Å². The number of rotatable bonds is 6. The quantitative estimate of drug-likeness (QED) is 0.784. The van der Waals surface area contributed by atoms with Crippen LogP contribution >= 0.6 is 27.5 Å². The van der Waals surface area contributed by atoms with Gasteiger partial charge in [-0.1, -0.05) is 52.9 Å². The Morgan fingerprint density at radius 1 is 1.56 bits per heavy atom. The number of terminal acetylenes is 1. The normalized spacial score (nSPS) is 13.9. The highest BCUT2D eigenvalue weighted by Crippen LogP contribution is 2.26. The molecular formula is C14H18BrClN2. The summed E-state index contributed by atoms with van der Waals surface area (Å²) in [6.07, 6.45) is 7.50. The van der Waals surface area contributed by atoms with Crippen LogP contribution in [0.3, 0.4) is 0 Å². The maximum absolute atomic E-state index is 5.93. The zero-order valence-corrected chi connectivity index (χ0v) is 12.8. The van der Waals surface area contributed by atoms with Gasteiger partial charge in [-0.25, -0.2) is 0 Å². The van der Waals surface area contributed by atoms with E-state index in [2.05, 4.69) is 34.1 Å². The smallest absolute Gasteiger partial charge is 0.0692 e. The molecule has 1 aromatic rings. The van der Waals surface area contributed by atoms with Crippen LogP contribution in [0.25, 0.3) is 0 Å². The van der Waals surface area contributed by atoms with Gasteiger partial charge in [-0.3, -0.25) is 5.32 Å². The van der Waals surface area contributed by atoms with Crippen molar-refractivity contribution in [3.05, 3.63) is 33.3 Å². The van der Waals surface area contributed by atoms with Gasteiger partial charge < -0.3 is 5.73 Å². The topological polar surface area (TPSA) is 38.0 Å². The van der Waals surface area contributed by atoms with Gasteiger partial charge in [0.25, 0.3) is 0 Å². The highest BCUT2D eigenvalue weighted by atomic mass is 79.9. The molecule has 2 atom stereocenters. The second-order valence-corrected chi connectivity index (χ2v) is 5.42. The van der Waals surface area contributed by atoms with Crippen molar-refractivity contribution < 1.29 is 0 Å². The van der Waals surface area contributed by atoms with Gasteiger partial charge in [0.05, 0.1) is 6.04 Å². The molecule has 0 heterocycles. The largest absolute Gasteiger partial charge is 0.329 e. The first kappa shape index (κ1) is 15.5. The molecule has 4 heteroatoms. The molecule has 1 rings (SSSR count). The lowest BCUT2D eigenvalue weighted by Gasteiger charge is -2.22. The van der Waals surface area contributed by atoms with E-state index in [9.17, 15) is 0 Å². The van der Waals surface area contributed by atoms with Crippen LogP contribution in [0, 0.1) is 12.3 Å². The van der Waals surface area contributed by atoms with E-state index in [-0.39, 0.29) is 12.1 Å². The minimum absolute atomic E-state index is 0.0317. The first-order valence-corrected chi connectivity index (χ1v) is 7.16. The van der Waals surface area contributed by atoms with E-state index in [1.54, 1.807) is 0 Å². The Balaban J connectivity index is 2.86. The van der Waals surface area contributed by atoms with Gasteiger partial charge in [-0.15, -0.1) is 6.42 Å². The zero-order valence-electron chi connectivity index (χ0n) is 10.4. The van der Waals surface area contributed by atoms with E-state index < -0.39 is 0 Å². The molecule has 2 unspecified atom stereocenters. The van der Waals surface area contributed by atoms with Crippen LogP contribution in [0.15, 0.2) is 22.7 Å². The molecule has 0 amide bonds. The maximum atomic E-state index is 5.93. The molecule has 1 aromatic carbocycles. The van der Waals surface area contributed by atoms with E-state index >= 15 is 0 Å². The number of benzene rings is 1. The molecule has 0 aliphatic rings. The van der Waals surface area contributed by atoms with Crippen molar-refractivity contribution in [2.75, 3.05) is 6.54 Å². The van der Waals surface area contributed by atoms with Gasteiger partial charge >= 0.3 is 0 Å². The number of hydrogen-bond donors (Lipinski definition) is 2. The monoisotopic (exact) mass is 328 g/mol. The standard InChI is InChI=1S/C14H18BrClN2/c1-3-5-11(4-2)18-14(9-17)12-7-6-10(16)8-13(12)15/h2,6-8,11,14,18H,3,5,9,17H2,1H3. The Labute approximate surface area is 122 Å². The summed E-state index contributed by atoms with van der Waals surface area (Å²) in [5.74, 6) is 2.76. The molecule has 0 aliphatic heterocycles. The predicted octanol–water partition coefficient (Wildman–Crippen LogP) is 3.49. The van der Waals surface area contributed by atoms with Crippen molar-refractivity contribution in [2.45, 2.75) is 31.8 Å². The zero-order chi connectivity index (χ0) is 13.5. The van der Waals surface area contributed by atoms with Gasteiger partial charge in [-0.2, -0.15) is 0 Å². The third-order valence-electron chi connectivity index (χ3n) is 2.75. The van der Waals surface area contributed by atoms with Crippen LogP contribution in [-0.2, 0) is 0 Å². The molecule has 0 saturated heterocycles. The summed E-state index contributed by atoms with van der Waals surface area (Å²) >= 11 is 9.44. The Hall–Kier alpha value is -0.530. The highest BCUT2D eigenvalue weighted by Gasteiger charge is 2.16. The fourth-order valence-corrected chi connectivity index (χ4v) is 2.77. The third-order valence-corrected chi connectivity index (χ3v) is 3.68. The van der Waals surface area contributed by atoms with Crippen LogP contribution in [-0.4, -0.2) is 12.6 Å². The van der Waals surface area contributed by atoms with Gasteiger partial charge in [0, 0.05) is 22.1 Å². The summed E-state index contributed by atoms with van der Waals surface area (Å²) < 4.78 is 0.949. The van der Waals surface area contributed by atoms with E-state index in [0.29, 0.717) is 11.6 Å². The molecule has 0 aromatic heterocycles. The van der Waals surface area contributed by atoms with Crippen LogP contribution in [0.2, 0.25) is 5.02 Å². The van der Waals surface area contributed by atoms with Gasteiger partial charge in [-0.05, 0) is 24.1 Å². The molecule has 0 spiro atoms. The minimum Gasteiger partial charge on any atom is -0.329 e. The highest BCUT2D eigenvalue weighted by molar-refractivity contribution is 9.10. The fourth-order valence-electron chi connectivity index (χ4n) is 1.82. The van der Waals surface area contributed by atoms with Crippen molar-refractivity contribution in [2.24, 2.45) is 5.73 Å². The minimum atomic E-state index is 0.0317. The third kappa shape index (κ3) is 4.29. The van der Waals surface area contributed by atoms with Gasteiger partial charge in [0.2, 0.25) is 0 Å². The lowest BCUT2D eigenvalue weighted by atomic mass is 10.0. The first-order valence-electron chi connectivity index (χ1n) is 5.99. The van der Waals surface area contributed by atoms with Crippen molar-refractivity contribution in [1.82, 2.24) is 5.32 Å².